The minimum absolute atomic E-state index is 0.114. The van der Waals surface area contributed by atoms with Crippen LogP contribution in [0.1, 0.15) is 52.0 Å². The zero-order valence-corrected chi connectivity index (χ0v) is 18.2. The molecule has 1 aromatic heterocycles. The van der Waals surface area contributed by atoms with Crippen molar-refractivity contribution in [3.63, 3.8) is 0 Å². The Hall–Kier alpha value is -1.28. The van der Waals surface area contributed by atoms with Crippen LogP contribution >= 0.6 is 0 Å². The van der Waals surface area contributed by atoms with Gasteiger partial charge in [-0.15, -0.1) is 0 Å². The van der Waals surface area contributed by atoms with Gasteiger partial charge in [-0.05, 0) is 53.5 Å². The first-order chi connectivity index (χ1) is 13.2. The molecule has 0 bridgehead atoms. The first-order valence-corrected chi connectivity index (χ1v) is 10.1. The summed E-state index contributed by atoms with van der Waals surface area (Å²) >= 11 is 0. The Kier molecular flexibility index (Phi) is 8.18. The molecular formula is C21H36N2O5. The van der Waals surface area contributed by atoms with Crippen LogP contribution < -0.4 is 0 Å². The number of hydrogen-bond acceptors (Lipinski definition) is 7. The topological polar surface area (TPSA) is 74.0 Å². The average molecular weight is 397 g/mol. The fourth-order valence-corrected chi connectivity index (χ4v) is 3.27. The van der Waals surface area contributed by atoms with Crippen molar-refractivity contribution in [1.29, 1.82) is 0 Å². The quantitative estimate of drug-likeness (QED) is 0.533. The molecule has 0 radical (unpaired) electrons. The summed E-state index contributed by atoms with van der Waals surface area (Å²) in [5.41, 5.74) is -0.492. The van der Waals surface area contributed by atoms with E-state index < -0.39 is 11.1 Å². The highest BCUT2D eigenvalue weighted by Gasteiger charge is 2.35. The van der Waals surface area contributed by atoms with E-state index in [2.05, 4.69) is 10.1 Å². The minimum atomic E-state index is -0.599. The highest BCUT2D eigenvalue weighted by atomic mass is 16.5. The number of Topliss-reactive ketones (excluding diaryl/α,β-unsaturated/α-hetero) is 1. The van der Waals surface area contributed by atoms with E-state index in [1.54, 1.807) is 7.11 Å². The third-order valence-corrected chi connectivity index (χ3v) is 5.77. The van der Waals surface area contributed by atoms with E-state index in [1.807, 2.05) is 40.8 Å². The molecular weight excluding hydrogens is 360 g/mol. The molecule has 0 atom stereocenters. The van der Waals surface area contributed by atoms with Gasteiger partial charge in [-0.25, -0.2) is 0 Å². The van der Waals surface area contributed by atoms with Crippen molar-refractivity contribution in [3.05, 3.63) is 17.5 Å². The molecule has 1 aliphatic rings. The maximum Gasteiger partial charge on any atom is 0.160 e. The van der Waals surface area contributed by atoms with Gasteiger partial charge in [0.15, 0.2) is 5.78 Å². The van der Waals surface area contributed by atoms with Crippen molar-refractivity contribution in [3.8, 4) is 0 Å². The molecule has 1 aromatic rings. The largest absolute Gasteiger partial charge is 0.382 e. The molecule has 0 saturated carbocycles. The van der Waals surface area contributed by atoms with Crippen LogP contribution in [0, 0.1) is 5.92 Å². The van der Waals surface area contributed by atoms with E-state index >= 15 is 0 Å². The van der Waals surface area contributed by atoms with Crippen LogP contribution in [0.25, 0.3) is 0 Å². The van der Waals surface area contributed by atoms with Crippen molar-refractivity contribution >= 4 is 5.78 Å². The second-order valence-corrected chi connectivity index (χ2v) is 8.63. The molecule has 7 heteroatoms. The Morgan fingerprint density at radius 3 is 2.57 bits per heavy atom. The molecule has 2 rings (SSSR count). The summed E-state index contributed by atoms with van der Waals surface area (Å²) in [7, 11) is 3.66. The van der Waals surface area contributed by atoms with Crippen molar-refractivity contribution in [2.45, 2.75) is 58.1 Å². The van der Waals surface area contributed by atoms with Gasteiger partial charge >= 0.3 is 0 Å². The molecule has 0 N–H and O–H groups in total. The number of ether oxygens (including phenoxy) is 3. The van der Waals surface area contributed by atoms with Crippen LogP contribution in [0.5, 0.6) is 0 Å². The summed E-state index contributed by atoms with van der Waals surface area (Å²) < 4.78 is 21.7. The highest BCUT2D eigenvalue weighted by molar-refractivity contribution is 5.89. The number of ketones is 1. The van der Waals surface area contributed by atoms with Crippen LogP contribution in [0.15, 0.2) is 10.6 Å². The first-order valence-electron chi connectivity index (χ1n) is 10.1. The normalized spacial score (nSPS) is 16.7. The van der Waals surface area contributed by atoms with Crippen molar-refractivity contribution in [1.82, 2.24) is 10.1 Å². The fourth-order valence-electron chi connectivity index (χ4n) is 3.27. The minimum Gasteiger partial charge on any atom is -0.382 e. The first kappa shape index (κ1) is 23.0. The summed E-state index contributed by atoms with van der Waals surface area (Å²) in [6, 6.07) is 1.82. The van der Waals surface area contributed by atoms with Crippen molar-refractivity contribution in [2.24, 2.45) is 5.92 Å². The van der Waals surface area contributed by atoms with Gasteiger partial charge in [0.1, 0.15) is 17.1 Å². The second kappa shape index (κ2) is 9.96. The van der Waals surface area contributed by atoms with Gasteiger partial charge in [-0.2, -0.15) is 0 Å². The molecule has 7 nitrogen and oxygen atoms in total. The average Bonchev–Trinajstić information content (AvgIpc) is 3.12. The summed E-state index contributed by atoms with van der Waals surface area (Å²) in [6.07, 6.45) is 2.32. The maximum atomic E-state index is 13.0. The Bertz CT molecular complexity index is 620. The summed E-state index contributed by atoms with van der Waals surface area (Å²) in [4.78, 5) is 15.1. The van der Waals surface area contributed by atoms with Gasteiger partial charge in [0, 0.05) is 32.9 Å². The monoisotopic (exact) mass is 396 g/mol. The third kappa shape index (κ3) is 6.11. The van der Waals surface area contributed by atoms with Gasteiger partial charge in [-0.1, -0.05) is 5.16 Å². The Labute approximate surface area is 168 Å². The highest BCUT2D eigenvalue weighted by Crippen LogP contribution is 2.26. The molecule has 0 amide bonds. The number of carbonyl (C=O) groups is 1. The molecule has 1 fully saturated rings. The van der Waals surface area contributed by atoms with Crippen LogP contribution in [0.4, 0.5) is 0 Å². The molecule has 160 valence electrons. The molecule has 0 aliphatic carbocycles. The van der Waals surface area contributed by atoms with E-state index in [4.69, 9.17) is 18.7 Å². The maximum absolute atomic E-state index is 13.0. The van der Waals surface area contributed by atoms with Gasteiger partial charge in [0.2, 0.25) is 0 Å². The van der Waals surface area contributed by atoms with E-state index in [0.29, 0.717) is 30.6 Å². The fraction of sp³-hybridized carbons (Fsp3) is 0.810. The third-order valence-electron chi connectivity index (χ3n) is 5.77. The molecule has 0 spiro atoms. The molecule has 0 unspecified atom stereocenters. The predicted molar refractivity (Wildman–Crippen MR) is 106 cm³/mol. The van der Waals surface area contributed by atoms with E-state index in [9.17, 15) is 4.79 Å². The Balaban J connectivity index is 1.94. The lowest BCUT2D eigenvalue weighted by atomic mass is 9.91. The molecule has 28 heavy (non-hydrogen) atoms. The number of rotatable bonds is 11. The van der Waals surface area contributed by atoms with Crippen LogP contribution in [0.2, 0.25) is 0 Å². The van der Waals surface area contributed by atoms with E-state index in [0.717, 1.165) is 32.6 Å². The lowest BCUT2D eigenvalue weighted by Crippen LogP contribution is -2.50. The SMILES string of the molecule is COCCOC(C)(C)c1cc(CC(=O)C(C)(C)N(C)CC2CCOCC2)on1. The Morgan fingerprint density at radius 2 is 1.93 bits per heavy atom. The van der Waals surface area contributed by atoms with E-state index in [-0.39, 0.29) is 12.2 Å². The van der Waals surface area contributed by atoms with E-state index in [1.165, 1.54) is 0 Å². The number of aromatic nitrogens is 1. The van der Waals surface area contributed by atoms with Gasteiger partial charge in [-0.3, -0.25) is 9.69 Å². The van der Waals surface area contributed by atoms with Crippen molar-refractivity contribution < 1.29 is 23.5 Å². The number of nitrogens with zero attached hydrogens (tertiary/aromatic N) is 2. The van der Waals surface area contributed by atoms with Crippen LogP contribution in [-0.2, 0) is 31.0 Å². The summed E-state index contributed by atoms with van der Waals surface area (Å²) in [6.45, 7) is 11.3. The van der Waals surface area contributed by atoms with Crippen molar-refractivity contribution in [2.75, 3.05) is 47.1 Å². The zero-order valence-electron chi connectivity index (χ0n) is 18.2. The molecule has 1 aliphatic heterocycles. The number of carbonyl (C=O) groups excluding carboxylic acids is 1. The Morgan fingerprint density at radius 1 is 1.25 bits per heavy atom. The van der Waals surface area contributed by atoms with Crippen LogP contribution in [0.3, 0.4) is 0 Å². The predicted octanol–water partition coefficient (Wildman–Crippen LogP) is 2.82. The standard InChI is InChI=1S/C21H36N2O5/c1-20(2,23(5)15-16-7-9-26-10-8-16)19(24)14-17-13-18(22-28-17)21(3,4)27-12-11-25-6/h13,16H,7-12,14-15H2,1-6H3. The van der Waals surface area contributed by atoms with Gasteiger partial charge < -0.3 is 18.7 Å². The van der Waals surface area contributed by atoms with Crippen LogP contribution in [-0.4, -0.2) is 68.5 Å². The smallest absolute Gasteiger partial charge is 0.160 e. The molecule has 1 saturated heterocycles. The lowest BCUT2D eigenvalue weighted by Gasteiger charge is -2.37. The molecule has 2 heterocycles. The summed E-state index contributed by atoms with van der Waals surface area (Å²) in [5.74, 6) is 1.26. The lowest BCUT2D eigenvalue weighted by molar-refractivity contribution is -0.128. The molecule has 0 aromatic carbocycles. The number of methoxy groups -OCH3 is 1. The number of likely N-dealkylation sites (N-methyl/N-ethyl adjacent to an activating group) is 1. The summed E-state index contributed by atoms with van der Waals surface area (Å²) in [5, 5.41) is 4.12. The number of hydrogen-bond donors (Lipinski definition) is 0. The second-order valence-electron chi connectivity index (χ2n) is 8.63. The van der Waals surface area contributed by atoms with Gasteiger partial charge in [0.05, 0.1) is 25.2 Å². The van der Waals surface area contributed by atoms with Gasteiger partial charge in [0.25, 0.3) is 0 Å². The zero-order chi connectivity index (χ0) is 20.8.